The summed E-state index contributed by atoms with van der Waals surface area (Å²) in [4.78, 5) is 2.26. The van der Waals surface area contributed by atoms with Crippen molar-refractivity contribution < 1.29 is 9.47 Å². The van der Waals surface area contributed by atoms with Gasteiger partial charge >= 0.3 is 0 Å². The third-order valence-electron chi connectivity index (χ3n) is 4.06. The maximum absolute atomic E-state index is 6.06. The molecule has 2 N–H and O–H groups in total. The highest BCUT2D eigenvalue weighted by Gasteiger charge is 2.18. The summed E-state index contributed by atoms with van der Waals surface area (Å²) in [6.45, 7) is 4.16. The van der Waals surface area contributed by atoms with Crippen molar-refractivity contribution in [1.82, 2.24) is 4.90 Å². The van der Waals surface area contributed by atoms with Gasteiger partial charge in [-0.1, -0.05) is 43.3 Å². The van der Waals surface area contributed by atoms with Gasteiger partial charge in [-0.05, 0) is 36.7 Å². The van der Waals surface area contributed by atoms with Gasteiger partial charge in [0, 0.05) is 19.1 Å². The van der Waals surface area contributed by atoms with Gasteiger partial charge in [-0.3, -0.25) is 4.90 Å². The lowest BCUT2D eigenvalue weighted by atomic mass is 10.0. The molecule has 2 aromatic carbocycles. The van der Waals surface area contributed by atoms with Crippen LogP contribution in [-0.4, -0.2) is 32.2 Å². The van der Waals surface area contributed by atoms with Crippen LogP contribution in [0.25, 0.3) is 0 Å². The van der Waals surface area contributed by atoms with Crippen LogP contribution in [0.2, 0.25) is 0 Å². The van der Waals surface area contributed by atoms with Crippen molar-refractivity contribution in [3.05, 3.63) is 59.7 Å². The predicted molar refractivity (Wildman–Crippen MR) is 98.5 cm³/mol. The smallest absolute Gasteiger partial charge is 0.161 e. The van der Waals surface area contributed by atoms with Crippen molar-refractivity contribution in [2.45, 2.75) is 25.9 Å². The number of nitrogens with two attached hydrogens (primary N) is 1. The zero-order valence-electron chi connectivity index (χ0n) is 14.9. The van der Waals surface area contributed by atoms with E-state index in [2.05, 4.69) is 49.2 Å². The molecule has 2 aromatic rings. The minimum Gasteiger partial charge on any atom is -0.493 e. The largest absolute Gasteiger partial charge is 0.493 e. The fourth-order valence-corrected chi connectivity index (χ4v) is 2.77. The molecular formula is C20H28N2O2. The topological polar surface area (TPSA) is 47.7 Å². The maximum Gasteiger partial charge on any atom is 0.161 e. The molecule has 0 heterocycles. The van der Waals surface area contributed by atoms with Crippen LogP contribution in [0.1, 0.15) is 30.5 Å². The number of benzene rings is 2. The molecule has 24 heavy (non-hydrogen) atoms. The van der Waals surface area contributed by atoms with Gasteiger partial charge in [0.1, 0.15) is 0 Å². The molecule has 1 unspecified atom stereocenters. The highest BCUT2D eigenvalue weighted by atomic mass is 16.5. The molecule has 0 amide bonds. The Bertz CT molecular complexity index is 616. The Hall–Kier alpha value is -2.04. The molecule has 0 fully saturated rings. The second kappa shape index (κ2) is 9.30. The molecule has 4 heteroatoms. The summed E-state index contributed by atoms with van der Waals surface area (Å²) in [7, 11) is 3.77. The van der Waals surface area contributed by atoms with Gasteiger partial charge in [0.2, 0.25) is 0 Å². The van der Waals surface area contributed by atoms with Crippen LogP contribution in [-0.2, 0) is 6.54 Å². The standard InChI is InChI=1S/C20H28N2O2/c1-4-12-24-19-11-10-17(13-20(19)23-3)18(14-21)22(2)15-16-8-6-5-7-9-16/h5-11,13,18H,4,12,14-15,21H2,1-3H3. The Morgan fingerprint density at radius 1 is 1.08 bits per heavy atom. The van der Waals surface area contributed by atoms with E-state index in [4.69, 9.17) is 15.2 Å². The molecule has 0 radical (unpaired) electrons. The third kappa shape index (κ3) is 4.73. The first kappa shape index (κ1) is 18.3. The lowest BCUT2D eigenvalue weighted by Gasteiger charge is -2.28. The van der Waals surface area contributed by atoms with E-state index in [0.29, 0.717) is 13.2 Å². The Morgan fingerprint density at radius 3 is 2.46 bits per heavy atom. The zero-order valence-corrected chi connectivity index (χ0v) is 14.9. The summed E-state index contributed by atoms with van der Waals surface area (Å²) in [6.07, 6.45) is 0.968. The molecule has 0 saturated carbocycles. The van der Waals surface area contributed by atoms with Crippen molar-refractivity contribution >= 4 is 0 Å². The molecule has 0 aliphatic heterocycles. The van der Waals surface area contributed by atoms with E-state index >= 15 is 0 Å². The number of hydrogen-bond acceptors (Lipinski definition) is 4. The first-order valence-corrected chi connectivity index (χ1v) is 8.44. The molecule has 1 atom stereocenters. The van der Waals surface area contributed by atoms with E-state index in [0.717, 1.165) is 30.0 Å². The van der Waals surface area contributed by atoms with E-state index in [9.17, 15) is 0 Å². The Kier molecular flexibility index (Phi) is 7.09. The van der Waals surface area contributed by atoms with Crippen molar-refractivity contribution in [1.29, 1.82) is 0 Å². The van der Waals surface area contributed by atoms with E-state index in [1.165, 1.54) is 5.56 Å². The minimum absolute atomic E-state index is 0.124. The number of likely N-dealkylation sites (N-methyl/N-ethyl adjacent to an activating group) is 1. The molecule has 130 valence electrons. The van der Waals surface area contributed by atoms with Crippen LogP contribution in [0, 0.1) is 0 Å². The average Bonchev–Trinajstić information content (AvgIpc) is 2.61. The first-order valence-electron chi connectivity index (χ1n) is 8.44. The third-order valence-corrected chi connectivity index (χ3v) is 4.06. The zero-order chi connectivity index (χ0) is 17.4. The fraction of sp³-hybridized carbons (Fsp3) is 0.400. The van der Waals surface area contributed by atoms with Crippen LogP contribution in [0.5, 0.6) is 11.5 Å². The van der Waals surface area contributed by atoms with Crippen LogP contribution >= 0.6 is 0 Å². The highest BCUT2D eigenvalue weighted by Crippen LogP contribution is 2.32. The van der Waals surface area contributed by atoms with Gasteiger partial charge in [-0.2, -0.15) is 0 Å². The second-order valence-corrected chi connectivity index (χ2v) is 5.91. The van der Waals surface area contributed by atoms with Crippen molar-refractivity contribution in [3.63, 3.8) is 0 Å². The number of ether oxygens (including phenoxy) is 2. The number of methoxy groups -OCH3 is 1. The Balaban J connectivity index is 2.16. The molecule has 0 spiro atoms. The normalized spacial score (nSPS) is 12.2. The fourth-order valence-electron chi connectivity index (χ4n) is 2.77. The van der Waals surface area contributed by atoms with Crippen LogP contribution < -0.4 is 15.2 Å². The summed E-state index contributed by atoms with van der Waals surface area (Å²) in [5, 5.41) is 0. The molecule has 0 aliphatic carbocycles. The maximum atomic E-state index is 6.06. The molecule has 2 rings (SSSR count). The Labute approximate surface area is 145 Å². The molecule has 0 saturated heterocycles. The summed E-state index contributed by atoms with van der Waals surface area (Å²) in [5.41, 5.74) is 8.46. The number of rotatable bonds is 9. The quantitative estimate of drug-likeness (QED) is 0.764. The molecule has 0 aliphatic rings. The van der Waals surface area contributed by atoms with Crippen molar-refractivity contribution in [2.75, 3.05) is 27.3 Å². The second-order valence-electron chi connectivity index (χ2n) is 5.91. The monoisotopic (exact) mass is 328 g/mol. The molecule has 0 aromatic heterocycles. The SMILES string of the molecule is CCCOc1ccc(C(CN)N(C)Cc2ccccc2)cc1OC. The van der Waals surface area contributed by atoms with Crippen LogP contribution in [0.15, 0.2) is 48.5 Å². The van der Waals surface area contributed by atoms with Gasteiger partial charge in [-0.25, -0.2) is 0 Å². The first-order chi connectivity index (χ1) is 11.7. The van der Waals surface area contributed by atoms with E-state index in [1.807, 2.05) is 18.2 Å². The van der Waals surface area contributed by atoms with Crippen LogP contribution in [0.4, 0.5) is 0 Å². The van der Waals surface area contributed by atoms with Gasteiger partial charge < -0.3 is 15.2 Å². The van der Waals surface area contributed by atoms with Gasteiger partial charge in [0.25, 0.3) is 0 Å². The summed E-state index contributed by atoms with van der Waals surface area (Å²) < 4.78 is 11.2. The lowest BCUT2D eigenvalue weighted by Crippen LogP contribution is -2.30. The highest BCUT2D eigenvalue weighted by molar-refractivity contribution is 5.44. The molecule has 0 bridgehead atoms. The molecular weight excluding hydrogens is 300 g/mol. The van der Waals surface area contributed by atoms with Crippen LogP contribution in [0.3, 0.4) is 0 Å². The summed E-state index contributed by atoms with van der Waals surface area (Å²) in [5.74, 6) is 1.54. The van der Waals surface area contributed by atoms with E-state index in [-0.39, 0.29) is 6.04 Å². The molecule has 4 nitrogen and oxygen atoms in total. The van der Waals surface area contributed by atoms with Crippen molar-refractivity contribution in [2.24, 2.45) is 5.73 Å². The average molecular weight is 328 g/mol. The summed E-state index contributed by atoms with van der Waals surface area (Å²) >= 11 is 0. The van der Waals surface area contributed by atoms with Crippen molar-refractivity contribution in [3.8, 4) is 11.5 Å². The van der Waals surface area contributed by atoms with Gasteiger partial charge in [0.05, 0.1) is 13.7 Å². The Morgan fingerprint density at radius 2 is 1.83 bits per heavy atom. The number of nitrogens with zero attached hydrogens (tertiary/aromatic N) is 1. The number of hydrogen-bond donors (Lipinski definition) is 1. The van der Waals surface area contributed by atoms with E-state index < -0.39 is 0 Å². The minimum atomic E-state index is 0.124. The predicted octanol–water partition coefficient (Wildman–Crippen LogP) is 3.62. The lowest BCUT2D eigenvalue weighted by molar-refractivity contribution is 0.240. The van der Waals surface area contributed by atoms with E-state index in [1.54, 1.807) is 7.11 Å². The summed E-state index contributed by atoms with van der Waals surface area (Å²) in [6, 6.07) is 16.6. The van der Waals surface area contributed by atoms with Gasteiger partial charge in [-0.15, -0.1) is 0 Å². The van der Waals surface area contributed by atoms with Gasteiger partial charge in [0.15, 0.2) is 11.5 Å².